The Kier molecular flexibility index (Phi) is 7.46. The van der Waals surface area contributed by atoms with Gasteiger partial charge in [0.2, 0.25) is 0 Å². The van der Waals surface area contributed by atoms with Crippen LogP contribution in [0.3, 0.4) is 0 Å². The lowest BCUT2D eigenvalue weighted by atomic mass is 9.97. The molecule has 5 heteroatoms. The van der Waals surface area contributed by atoms with E-state index >= 15 is 0 Å². The van der Waals surface area contributed by atoms with Gasteiger partial charge in [-0.25, -0.2) is 0 Å². The van der Waals surface area contributed by atoms with Gasteiger partial charge in [0.05, 0.1) is 18.3 Å². The van der Waals surface area contributed by atoms with Gasteiger partial charge >= 0.3 is 0 Å². The molecule has 0 aromatic rings. The van der Waals surface area contributed by atoms with Gasteiger partial charge in [0.1, 0.15) is 5.54 Å². The average molecular weight is 283 g/mol. The zero-order valence-electron chi connectivity index (χ0n) is 13.3. The van der Waals surface area contributed by atoms with E-state index in [1.807, 2.05) is 6.92 Å². The van der Waals surface area contributed by atoms with Crippen LogP contribution < -0.4 is 5.32 Å². The van der Waals surface area contributed by atoms with E-state index in [1.165, 1.54) is 0 Å². The Morgan fingerprint density at radius 3 is 2.35 bits per heavy atom. The summed E-state index contributed by atoms with van der Waals surface area (Å²) < 4.78 is 10.9. The maximum absolute atomic E-state index is 9.30. The maximum atomic E-state index is 9.30. The van der Waals surface area contributed by atoms with Gasteiger partial charge in [0.25, 0.3) is 0 Å². The van der Waals surface area contributed by atoms with Crippen molar-refractivity contribution < 1.29 is 9.47 Å². The van der Waals surface area contributed by atoms with Gasteiger partial charge in [0, 0.05) is 27.3 Å². The first-order valence-electron chi connectivity index (χ1n) is 7.52. The number of methoxy groups -OCH3 is 2. The molecule has 0 spiro atoms. The molecule has 0 aromatic heterocycles. The van der Waals surface area contributed by atoms with Crippen LogP contribution in [0.15, 0.2) is 0 Å². The lowest BCUT2D eigenvalue weighted by Gasteiger charge is -2.24. The molecule has 1 aliphatic rings. The molecule has 1 fully saturated rings. The second kappa shape index (κ2) is 8.58. The highest BCUT2D eigenvalue weighted by molar-refractivity contribution is 5.03. The third-order valence-electron chi connectivity index (χ3n) is 4.06. The molecule has 0 bridgehead atoms. The van der Waals surface area contributed by atoms with Crippen molar-refractivity contribution in [3.8, 4) is 6.07 Å². The second-order valence-corrected chi connectivity index (χ2v) is 5.78. The van der Waals surface area contributed by atoms with Crippen molar-refractivity contribution in [2.75, 3.05) is 40.4 Å². The summed E-state index contributed by atoms with van der Waals surface area (Å²) in [5.74, 6) is 0. The van der Waals surface area contributed by atoms with E-state index in [1.54, 1.807) is 14.2 Å². The molecule has 1 saturated heterocycles. The van der Waals surface area contributed by atoms with Gasteiger partial charge < -0.3 is 9.47 Å². The zero-order chi connectivity index (χ0) is 15.0. The minimum atomic E-state index is -0.406. The fraction of sp³-hybridized carbons (Fsp3) is 0.933. The molecule has 5 nitrogen and oxygen atoms in total. The van der Waals surface area contributed by atoms with Crippen LogP contribution in [0.1, 0.15) is 33.1 Å². The third-order valence-corrected chi connectivity index (χ3v) is 4.06. The normalized spacial score (nSPS) is 26.4. The molecule has 1 aliphatic heterocycles. The molecule has 0 amide bonds. The van der Waals surface area contributed by atoms with E-state index in [4.69, 9.17) is 9.47 Å². The molecule has 0 aliphatic carbocycles. The molecule has 1 rings (SSSR count). The largest absolute Gasteiger partial charge is 0.377 e. The number of nitriles is 1. The minimum absolute atomic E-state index is 0.167. The Labute approximate surface area is 123 Å². The number of ether oxygens (including phenoxy) is 2. The molecule has 1 heterocycles. The van der Waals surface area contributed by atoms with Crippen molar-refractivity contribution in [3.05, 3.63) is 0 Å². The number of nitrogens with zero attached hydrogens (tertiary/aromatic N) is 2. The summed E-state index contributed by atoms with van der Waals surface area (Å²) in [4.78, 5) is 2.36. The Hall–Kier alpha value is -0.670. The van der Waals surface area contributed by atoms with Crippen LogP contribution in [0.4, 0.5) is 0 Å². The average Bonchev–Trinajstić information content (AvgIpc) is 2.87. The summed E-state index contributed by atoms with van der Waals surface area (Å²) in [7, 11) is 3.48. The second-order valence-electron chi connectivity index (χ2n) is 5.78. The Morgan fingerprint density at radius 1 is 1.30 bits per heavy atom. The summed E-state index contributed by atoms with van der Waals surface area (Å²) in [5, 5.41) is 12.6. The van der Waals surface area contributed by atoms with Crippen molar-refractivity contribution in [3.63, 3.8) is 0 Å². The van der Waals surface area contributed by atoms with Crippen LogP contribution in [-0.2, 0) is 9.47 Å². The predicted molar refractivity (Wildman–Crippen MR) is 79.6 cm³/mol. The van der Waals surface area contributed by atoms with Gasteiger partial charge in [0.15, 0.2) is 0 Å². The monoisotopic (exact) mass is 283 g/mol. The lowest BCUT2D eigenvalue weighted by molar-refractivity contribution is -0.00461. The zero-order valence-corrected chi connectivity index (χ0v) is 13.3. The topological polar surface area (TPSA) is 57.5 Å². The number of hydrogen-bond acceptors (Lipinski definition) is 5. The van der Waals surface area contributed by atoms with Gasteiger partial charge in [-0.2, -0.15) is 5.26 Å². The Morgan fingerprint density at radius 2 is 1.90 bits per heavy atom. The fourth-order valence-corrected chi connectivity index (χ4v) is 2.69. The Bertz CT molecular complexity index is 307. The predicted octanol–water partition coefficient (Wildman–Crippen LogP) is 1.39. The fourth-order valence-electron chi connectivity index (χ4n) is 2.69. The van der Waals surface area contributed by atoms with E-state index < -0.39 is 5.54 Å². The van der Waals surface area contributed by atoms with Crippen molar-refractivity contribution in [1.29, 1.82) is 5.26 Å². The standard InChI is InChI=1S/C15H29N3O2/c1-5-8-17-15(2,12-16)7-6-9-18-10-13(19-3)14(11-18)20-4/h13-14,17H,5-11H2,1-4H3. The quantitative estimate of drug-likeness (QED) is 0.693. The molecule has 0 aromatic carbocycles. The highest BCUT2D eigenvalue weighted by atomic mass is 16.5. The molecule has 0 saturated carbocycles. The van der Waals surface area contributed by atoms with E-state index in [9.17, 15) is 5.26 Å². The first-order valence-corrected chi connectivity index (χ1v) is 7.52. The van der Waals surface area contributed by atoms with Crippen molar-refractivity contribution in [2.45, 2.75) is 50.9 Å². The molecular formula is C15H29N3O2. The van der Waals surface area contributed by atoms with E-state index in [2.05, 4.69) is 23.2 Å². The highest BCUT2D eigenvalue weighted by Gasteiger charge is 2.33. The summed E-state index contributed by atoms with van der Waals surface area (Å²) in [5.41, 5.74) is -0.406. The van der Waals surface area contributed by atoms with Gasteiger partial charge in [-0.15, -0.1) is 0 Å². The SMILES string of the molecule is CCCNC(C)(C#N)CCCN1CC(OC)C(OC)C1. The van der Waals surface area contributed by atoms with Crippen LogP contribution in [0.5, 0.6) is 0 Å². The molecule has 3 atom stereocenters. The van der Waals surface area contributed by atoms with Crippen LogP contribution in [0.25, 0.3) is 0 Å². The number of hydrogen-bond donors (Lipinski definition) is 1. The molecule has 1 N–H and O–H groups in total. The molecule has 20 heavy (non-hydrogen) atoms. The smallest absolute Gasteiger partial charge is 0.103 e. The van der Waals surface area contributed by atoms with Crippen molar-refractivity contribution >= 4 is 0 Å². The summed E-state index contributed by atoms with van der Waals surface area (Å²) in [6.45, 7) is 7.82. The van der Waals surface area contributed by atoms with E-state index in [-0.39, 0.29) is 12.2 Å². The van der Waals surface area contributed by atoms with Crippen LogP contribution in [0, 0.1) is 11.3 Å². The first kappa shape index (κ1) is 17.4. The summed E-state index contributed by atoms with van der Waals surface area (Å²) in [6, 6.07) is 2.40. The van der Waals surface area contributed by atoms with Crippen LogP contribution >= 0.6 is 0 Å². The minimum Gasteiger partial charge on any atom is -0.377 e. The number of likely N-dealkylation sites (tertiary alicyclic amines) is 1. The van der Waals surface area contributed by atoms with Crippen LogP contribution in [0.2, 0.25) is 0 Å². The van der Waals surface area contributed by atoms with E-state index in [0.29, 0.717) is 0 Å². The lowest BCUT2D eigenvalue weighted by Crippen LogP contribution is -2.42. The van der Waals surface area contributed by atoms with Gasteiger partial charge in [-0.1, -0.05) is 6.92 Å². The van der Waals surface area contributed by atoms with Crippen molar-refractivity contribution in [2.24, 2.45) is 0 Å². The maximum Gasteiger partial charge on any atom is 0.103 e. The first-order chi connectivity index (χ1) is 9.58. The van der Waals surface area contributed by atoms with E-state index in [0.717, 1.165) is 45.4 Å². The Balaban J connectivity index is 2.32. The number of rotatable bonds is 9. The summed E-state index contributed by atoms with van der Waals surface area (Å²) in [6.07, 6.45) is 3.26. The van der Waals surface area contributed by atoms with Gasteiger partial charge in [-0.05, 0) is 39.3 Å². The van der Waals surface area contributed by atoms with Gasteiger partial charge in [-0.3, -0.25) is 10.2 Å². The molecule has 116 valence electrons. The molecule has 0 radical (unpaired) electrons. The molecular weight excluding hydrogens is 254 g/mol. The van der Waals surface area contributed by atoms with Crippen molar-refractivity contribution in [1.82, 2.24) is 10.2 Å². The van der Waals surface area contributed by atoms with Crippen LogP contribution in [-0.4, -0.2) is 63.0 Å². The third kappa shape index (κ3) is 5.02. The highest BCUT2D eigenvalue weighted by Crippen LogP contribution is 2.18. The summed E-state index contributed by atoms with van der Waals surface area (Å²) >= 11 is 0. The number of nitrogens with one attached hydrogen (secondary N) is 1. The molecule has 3 unspecified atom stereocenters.